The Labute approximate surface area is 143 Å². The molecule has 1 atom stereocenters. The Kier molecular flexibility index (Phi) is 5.16. The number of carbonyl (C=O) groups excluding carboxylic acids is 2. The van der Waals surface area contributed by atoms with E-state index < -0.39 is 0 Å². The molecule has 0 aliphatic carbocycles. The summed E-state index contributed by atoms with van der Waals surface area (Å²) in [6, 6.07) is 6.34. The second-order valence-corrected chi connectivity index (χ2v) is 6.73. The van der Waals surface area contributed by atoms with E-state index in [0.29, 0.717) is 19.4 Å². The molecule has 2 saturated heterocycles. The van der Waals surface area contributed by atoms with Crippen LogP contribution in [0.3, 0.4) is 0 Å². The van der Waals surface area contributed by atoms with Crippen molar-refractivity contribution < 1.29 is 9.59 Å². The molecule has 0 bridgehead atoms. The van der Waals surface area contributed by atoms with Gasteiger partial charge in [0.25, 0.3) is 0 Å². The van der Waals surface area contributed by atoms with Crippen LogP contribution in [-0.4, -0.2) is 56.0 Å². The molecular formula is C18H26N4O2. The lowest BCUT2D eigenvalue weighted by Gasteiger charge is -2.32. The van der Waals surface area contributed by atoms with Gasteiger partial charge in [0.1, 0.15) is 0 Å². The van der Waals surface area contributed by atoms with Gasteiger partial charge in [0.05, 0.1) is 6.04 Å². The monoisotopic (exact) mass is 330 g/mol. The molecule has 2 N–H and O–H groups in total. The van der Waals surface area contributed by atoms with Crippen LogP contribution in [0.25, 0.3) is 0 Å². The Morgan fingerprint density at radius 2 is 2.00 bits per heavy atom. The fourth-order valence-corrected chi connectivity index (χ4v) is 3.43. The fraction of sp³-hybridized carbons (Fsp3) is 0.556. The first-order chi connectivity index (χ1) is 11.5. The van der Waals surface area contributed by atoms with Crippen molar-refractivity contribution >= 4 is 17.5 Å². The van der Waals surface area contributed by atoms with Gasteiger partial charge in [-0.2, -0.15) is 0 Å². The van der Waals surface area contributed by atoms with Gasteiger partial charge in [-0.05, 0) is 43.7 Å². The zero-order valence-electron chi connectivity index (χ0n) is 14.5. The number of aryl methyl sites for hydroxylation is 1. The van der Waals surface area contributed by atoms with E-state index in [0.717, 1.165) is 26.2 Å². The molecule has 0 saturated carbocycles. The molecule has 24 heavy (non-hydrogen) atoms. The number of benzene rings is 1. The molecule has 2 aliphatic heterocycles. The number of carbonyl (C=O) groups is 2. The molecule has 0 aromatic heterocycles. The van der Waals surface area contributed by atoms with Gasteiger partial charge in [0.15, 0.2) is 0 Å². The maximum atomic E-state index is 12.0. The van der Waals surface area contributed by atoms with E-state index >= 15 is 0 Å². The normalized spacial score (nSPS) is 22.0. The zero-order valence-corrected chi connectivity index (χ0v) is 14.5. The van der Waals surface area contributed by atoms with Gasteiger partial charge < -0.3 is 10.2 Å². The van der Waals surface area contributed by atoms with Gasteiger partial charge in [-0.3, -0.25) is 19.8 Å². The van der Waals surface area contributed by atoms with Gasteiger partial charge in [-0.1, -0.05) is 6.07 Å². The average Bonchev–Trinajstić information content (AvgIpc) is 2.57. The van der Waals surface area contributed by atoms with Crippen molar-refractivity contribution in [3.05, 3.63) is 29.3 Å². The molecule has 0 spiro atoms. The molecular weight excluding hydrogens is 304 g/mol. The third-order valence-electron chi connectivity index (χ3n) is 4.98. The van der Waals surface area contributed by atoms with Crippen molar-refractivity contribution in [2.24, 2.45) is 0 Å². The molecule has 1 aromatic rings. The number of nitrogens with one attached hydrogen (secondary N) is 2. The largest absolute Gasteiger partial charge is 0.369 e. The van der Waals surface area contributed by atoms with E-state index in [1.807, 2.05) is 11.9 Å². The number of anilines is 1. The van der Waals surface area contributed by atoms with Crippen LogP contribution < -0.4 is 15.5 Å². The number of piperazine rings is 1. The predicted octanol–water partition coefficient (Wildman–Crippen LogP) is 0.642. The maximum absolute atomic E-state index is 12.0. The number of hydrogen-bond acceptors (Lipinski definition) is 5. The van der Waals surface area contributed by atoms with Gasteiger partial charge in [-0.25, -0.2) is 0 Å². The van der Waals surface area contributed by atoms with E-state index in [-0.39, 0.29) is 17.9 Å². The summed E-state index contributed by atoms with van der Waals surface area (Å²) in [5, 5.41) is 5.81. The first-order valence-electron chi connectivity index (χ1n) is 8.64. The minimum Gasteiger partial charge on any atom is -0.369 e. The molecule has 1 aromatic carbocycles. The van der Waals surface area contributed by atoms with E-state index in [1.54, 1.807) is 0 Å². The van der Waals surface area contributed by atoms with Crippen LogP contribution in [0.15, 0.2) is 18.2 Å². The molecule has 0 radical (unpaired) electrons. The second kappa shape index (κ2) is 7.32. The summed E-state index contributed by atoms with van der Waals surface area (Å²) in [5.41, 5.74) is 3.71. The van der Waals surface area contributed by atoms with Crippen LogP contribution in [-0.2, 0) is 16.1 Å². The highest BCUT2D eigenvalue weighted by molar-refractivity contribution is 6.00. The number of rotatable bonds is 4. The minimum absolute atomic E-state index is 0.165. The molecule has 6 nitrogen and oxygen atoms in total. The number of amides is 2. The highest BCUT2D eigenvalue weighted by Gasteiger charge is 2.29. The fourth-order valence-electron chi connectivity index (χ4n) is 3.43. The lowest BCUT2D eigenvalue weighted by Crippen LogP contribution is -2.51. The van der Waals surface area contributed by atoms with Crippen LogP contribution in [0.2, 0.25) is 0 Å². The Morgan fingerprint density at radius 3 is 2.71 bits per heavy atom. The standard InChI is InChI=1S/C18H26N4O2/c1-13-3-4-15(22-9-7-19-8-10-22)11-14(13)12-21(2)16-5-6-17(23)20-18(16)24/h3-4,11,16,19H,5-10,12H2,1-2H3,(H,20,23,24). The number of hydrogen-bond donors (Lipinski definition) is 2. The molecule has 2 heterocycles. The van der Waals surface area contributed by atoms with Crippen LogP contribution >= 0.6 is 0 Å². The summed E-state index contributed by atoms with van der Waals surface area (Å²) < 4.78 is 0. The van der Waals surface area contributed by atoms with E-state index in [2.05, 4.69) is 40.7 Å². The average molecular weight is 330 g/mol. The number of nitrogens with zero attached hydrogens (tertiary/aromatic N) is 2. The Morgan fingerprint density at radius 1 is 1.25 bits per heavy atom. The molecule has 2 aliphatic rings. The summed E-state index contributed by atoms with van der Waals surface area (Å²) in [4.78, 5) is 27.8. The van der Waals surface area contributed by atoms with Crippen molar-refractivity contribution in [1.82, 2.24) is 15.5 Å². The van der Waals surface area contributed by atoms with Crippen LogP contribution in [0.4, 0.5) is 5.69 Å². The van der Waals surface area contributed by atoms with E-state index in [1.165, 1.54) is 16.8 Å². The highest BCUT2D eigenvalue weighted by Crippen LogP contribution is 2.22. The van der Waals surface area contributed by atoms with E-state index in [4.69, 9.17) is 0 Å². The van der Waals surface area contributed by atoms with Crippen molar-refractivity contribution in [2.75, 3.05) is 38.1 Å². The molecule has 1 unspecified atom stereocenters. The number of imide groups is 1. The van der Waals surface area contributed by atoms with Crippen LogP contribution in [0.1, 0.15) is 24.0 Å². The van der Waals surface area contributed by atoms with Crippen LogP contribution in [0, 0.1) is 6.92 Å². The minimum atomic E-state index is -0.232. The van der Waals surface area contributed by atoms with Gasteiger partial charge in [-0.15, -0.1) is 0 Å². The maximum Gasteiger partial charge on any atom is 0.243 e. The lowest BCUT2D eigenvalue weighted by molar-refractivity contribution is -0.137. The third-order valence-corrected chi connectivity index (χ3v) is 4.98. The second-order valence-electron chi connectivity index (χ2n) is 6.73. The van der Waals surface area contributed by atoms with Crippen molar-refractivity contribution in [3.8, 4) is 0 Å². The smallest absolute Gasteiger partial charge is 0.243 e. The quantitative estimate of drug-likeness (QED) is 0.794. The van der Waals surface area contributed by atoms with Crippen molar-refractivity contribution in [1.29, 1.82) is 0 Å². The van der Waals surface area contributed by atoms with E-state index in [9.17, 15) is 9.59 Å². The van der Waals surface area contributed by atoms with Crippen molar-refractivity contribution in [2.45, 2.75) is 32.4 Å². The first-order valence-corrected chi connectivity index (χ1v) is 8.64. The summed E-state index contributed by atoms with van der Waals surface area (Å²) >= 11 is 0. The molecule has 130 valence electrons. The number of likely N-dealkylation sites (N-methyl/N-ethyl adjacent to an activating group) is 1. The van der Waals surface area contributed by atoms with Crippen molar-refractivity contribution in [3.63, 3.8) is 0 Å². The van der Waals surface area contributed by atoms with Crippen LogP contribution in [0.5, 0.6) is 0 Å². The molecule has 3 rings (SSSR count). The Hall–Kier alpha value is -1.92. The van der Waals surface area contributed by atoms with Gasteiger partial charge >= 0.3 is 0 Å². The highest BCUT2D eigenvalue weighted by atomic mass is 16.2. The molecule has 2 fully saturated rings. The first kappa shape index (κ1) is 16.9. The molecule has 6 heteroatoms. The summed E-state index contributed by atoms with van der Waals surface area (Å²) in [5.74, 6) is -0.341. The summed E-state index contributed by atoms with van der Waals surface area (Å²) in [6.07, 6.45) is 1.01. The topological polar surface area (TPSA) is 64.7 Å². The zero-order chi connectivity index (χ0) is 17.1. The Bertz CT molecular complexity index is 625. The van der Waals surface area contributed by atoms with Gasteiger partial charge in [0.2, 0.25) is 11.8 Å². The Balaban J connectivity index is 1.71. The van der Waals surface area contributed by atoms with Gasteiger partial charge in [0, 0.05) is 44.8 Å². The predicted molar refractivity (Wildman–Crippen MR) is 93.9 cm³/mol. The lowest BCUT2D eigenvalue weighted by atomic mass is 10.0. The molecule has 2 amide bonds. The summed E-state index contributed by atoms with van der Waals surface area (Å²) in [7, 11) is 1.96. The third kappa shape index (κ3) is 3.76. The SMILES string of the molecule is Cc1ccc(N2CCNCC2)cc1CN(C)C1CCC(=O)NC1=O. The summed E-state index contributed by atoms with van der Waals surface area (Å²) in [6.45, 7) is 6.88. The number of piperidine rings is 1.